The van der Waals surface area contributed by atoms with Crippen molar-refractivity contribution < 1.29 is 9.90 Å². The van der Waals surface area contributed by atoms with Gasteiger partial charge in [0.15, 0.2) is 5.82 Å². The van der Waals surface area contributed by atoms with Gasteiger partial charge in [-0.05, 0) is 42.5 Å². The van der Waals surface area contributed by atoms with E-state index in [2.05, 4.69) is 27.5 Å². The molecule has 9 nitrogen and oxygen atoms in total. The van der Waals surface area contributed by atoms with E-state index in [4.69, 9.17) is 0 Å². The SMILES string of the molecule is CCCc1c(Cc2ccc(-c3ccccc3)c(C3=NNC(=O)C3)c2)c(=O)n(C(C)CC)c2nc(CO)nn12. The Bertz CT molecular complexity index is 1590. The molecule has 1 aliphatic heterocycles. The molecule has 4 aromatic rings. The van der Waals surface area contributed by atoms with Crippen LogP contribution in [-0.4, -0.2) is 35.9 Å². The van der Waals surface area contributed by atoms with Crippen LogP contribution in [0.5, 0.6) is 0 Å². The molecule has 0 spiro atoms. The van der Waals surface area contributed by atoms with E-state index in [0.29, 0.717) is 35.7 Å². The highest BCUT2D eigenvalue weighted by Crippen LogP contribution is 2.28. The van der Waals surface area contributed by atoms with Gasteiger partial charge in [-0.3, -0.25) is 14.2 Å². The quantitative estimate of drug-likeness (QED) is 0.354. The van der Waals surface area contributed by atoms with Crippen LogP contribution in [-0.2, 0) is 24.2 Å². The number of fused-ring (bicyclic) bond motifs is 1. The minimum absolute atomic E-state index is 0.0869. The Labute approximate surface area is 220 Å². The highest BCUT2D eigenvalue weighted by molar-refractivity contribution is 6.16. The number of carbonyl (C=O) groups excluding carboxylic acids is 1. The summed E-state index contributed by atoms with van der Waals surface area (Å²) in [7, 11) is 0. The van der Waals surface area contributed by atoms with E-state index < -0.39 is 0 Å². The van der Waals surface area contributed by atoms with Crippen LogP contribution in [0.1, 0.15) is 74.3 Å². The Morgan fingerprint density at radius 2 is 1.87 bits per heavy atom. The van der Waals surface area contributed by atoms with Gasteiger partial charge < -0.3 is 5.11 Å². The molecule has 196 valence electrons. The lowest BCUT2D eigenvalue weighted by Crippen LogP contribution is -2.31. The fourth-order valence-corrected chi connectivity index (χ4v) is 5.02. The summed E-state index contributed by atoms with van der Waals surface area (Å²) < 4.78 is 3.43. The molecule has 1 atom stereocenters. The largest absolute Gasteiger partial charge is 0.388 e. The Morgan fingerprint density at radius 1 is 1.08 bits per heavy atom. The molecule has 1 unspecified atom stereocenters. The van der Waals surface area contributed by atoms with Crippen LogP contribution in [0.2, 0.25) is 0 Å². The van der Waals surface area contributed by atoms with Crippen molar-refractivity contribution in [3.05, 3.63) is 87.1 Å². The van der Waals surface area contributed by atoms with Crippen molar-refractivity contribution in [2.45, 2.75) is 65.5 Å². The number of nitrogens with one attached hydrogen (secondary N) is 1. The molecular formula is C29H32N6O3. The van der Waals surface area contributed by atoms with Crippen molar-refractivity contribution in [3.8, 4) is 11.1 Å². The third-order valence-electron chi connectivity index (χ3n) is 7.09. The molecule has 0 saturated heterocycles. The van der Waals surface area contributed by atoms with Gasteiger partial charge >= 0.3 is 0 Å². The summed E-state index contributed by atoms with van der Waals surface area (Å²) in [5, 5.41) is 18.6. The molecule has 9 heteroatoms. The van der Waals surface area contributed by atoms with Gasteiger partial charge in [0.05, 0.1) is 17.8 Å². The second-order valence-corrected chi connectivity index (χ2v) is 9.70. The molecular weight excluding hydrogens is 480 g/mol. The number of aliphatic hydroxyl groups is 1. The predicted molar refractivity (Wildman–Crippen MR) is 146 cm³/mol. The van der Waals surface area contributed by atoms with Crippen molar-refractivity contribution in [1.29, 1.82) is 0 Å². The molecule has 1 aliphatic rings. The molecule has 3 heterocycles. The molecule has 0 aliphatic carbocycles. The first-order chi connectivity index (χ1) is 18.4. The Kier molecular flexibility index (Phi) is 7.20. The molecule has 0 saturated carbocycles. The molecule has 2 aromatic heterocycles. The second-order valence-electron chi connectivity index (χ2n) is 9.70. The number of nitrogens with zero attached hydrogens (tertiary/aromatic N) is 5. The Morgan fingerprint density at radius 3 is 2.53 bits per heavy atom. The number of hydrogen-bond donors (Lipinski definition) is 2. The fourth-order valence-electron chi connectivity index (χ4n) is 5.02. The molecule has 1 amide bonds. The first-order valence-electron chi connectivity index (χ1n) is 13.1. The van der Waals surface area contributed by atoms with Gasteiger partial charge in [-0.2, -0.15) is 10.1 Å². The summed E-state index contributed by atoms with van der Waals surface area (Å²) in [6, 6.07) is 16.0. The number of aryl methyl sites for hydroxylation is 1. The average Bonchev–Trinajstić information content (AvgIpc) is 3.57. The van der Waals surface area contributed by atoms with Gasteiger partial charge in [-0.25, -0.2) is 9.94 Å². The third kappa shape index (κ3) is 4.65. The summed E-state index contributed by atoms with van der Waals surface area (Å²) in [5.74, 6) is 0.620. The maximum Gasteiger partial charge on any atom is 0.259 e. The maximum atomic E-state index is 14.0. The smallest absolute Gasteiger partial charge is 0.259 e. The van der Waals surface area contributed by atoms with Crippen LogP contribution >= 0.6 is 0 Å². The van der Waals surface area contributed by atoms with E-state index >= 15 is 0 Å². The van der Waals surface area contributed by atoms with Crippen molar-refractivity contribution in [1.82, 2.24) is 24.6 Å². The van der Waals surface area contributed by atoms with Crippen LogP contribution in [0.4, 0.5) is 0 Å². The number of rotatable bonds is 9. The van der Waals surface area contributed by atoms with E-state index in [1.54, 1.807) is 9.08 Å². The van der Waals surface area contributed by atoms with Gasteiger partial charge in [0.1, 0.15) is 6.61 Å². The predicted octanol–water partition coefficient (Wildman–Crippen LogP) is 3.79. The number of benzene rings is 2. The van der Waals surface area contributed by atoms with Crippen molar-refractivity contribution in [2.75, 3.05) is 0 Å². The van der Waals surface area contributed by atoms with E-state index in [0.717, 1.165) is 40.8 Å². The van der Waals surface area contributed by atoms with Crippen LogP contribution < -0.4 is 11.0 Å². The molecule has 5 rings (SSSR count). The van der Waals surface area contributed by atoms with E-state index in [1.165, 1.54) is 0 Å². The maximum absolute atomic E-state index is 14.0. The van der Waals surface area contributed by atoms with Gasteiger partial charge in [0.2, 0.25) is 11.7 Å². The third-order valence-corrected chi connectivity index (χ3v) is 7.09. The molecule has 2 N–H and O–H groups in total. The number of carbonyl (C=O) groups is 1. The number of aliphatic hydroxyl groups excluding tert-OH is 1. The normalized spacial score (nSPS) is 14.1. The average molecular weight is 513 g/mol. The summed E-state index contributed by atoms with van der Waals surface area (Å²) >= 11 is 0. The summed E-state index contributed by atoms with van der Waals surface area (Å²) in [4.78, 5) is 30.5. The number of hydrazone groups is 1. The standard InChI is InChI=1S/C29H32N6O3/c1-4-9-25-23(28(38)34(18(3)5-2)29-30-26(17-36)33-35(25)29)15-19-12-13-21(20-10-7-6-8-11-20)22(14-19)24-16-27(37)32-31-24/h6-8,10-14,18,36H,4-5,9,15-17H2,1-3H3,(H,32,37). The number of hydrogen-bond acceptors (Lipinski definition) is 6. The van der Waals surface area contributed by atoms with Gasteiger partial charge in [0.25, 0.3) is 5.56 Å². The second kappa shape index (κ2) is 10.7. The van der Waals surface area contributed by atoms with E-state index in [1.807, 2.05) is 62.4 Å². The van der Waals surface area contributed by atoms with Crippen LogP contribution in [0.3, 0.4) is 0 Å². The summed E-state index contributed by atoms with van der Waals surface area (Å²) in [6.07, 6.45) is 2.83. The zero-order chi connectivity index (χ0) is 26.8. The monoisotopic (exact) mass is 512 g/mol. The molecule has 0 bridgehead atoms. The highest BCUT2D eigenvalue weighted by Gasteiger charge is 2.24. The lowest BCUT2D eigenvalue weighted by Gasteiger charge is -2.19. The van der Waals surface area contributed by atoms with E-state index in [-0.39, 0.29) is 30.5 Å². The van der Waals surface area contributed by atoms with Gasteiger partial charge in [-0.15, -0.1) is 5.10 Å². The van der Waals surface area contributed by atoms with Crippen molar-refractivity contribution in [2.24, 2.45) is 5.10 Å². The molecule has 0 fully saturated rings. The highest BCUT2D eigenvalue weighted by atomic mass is 16.3. The van der Waals surface area contributed by atoms with Gasteiger partial charge in [-0.1, -0.05) is 62.7 Å². The topological polar surface area (TPSA) is 114 Å². The molecule has 0 radical (unpaired) electrons. The Balaban J connectivity index is 1.68. The Hall–Kier alpha value is -4.11. The minimum atomic E-state index is -0.295. The van der Waals surface area contributed by atoms with Crippen LogP contribution in [0, 0.1) is 0 Å². The number of aromatic nitrogens is 4. The zero-order valence-corrected chi connectivity index (χ0v) is 21.9. The first-order valence-corrected chi connectivity index (χ1v) is 13.1. The van der Waals surface area contributed by atoms with Gasteiger partial charge in [0, 0.05) is 23.6 Å². The van der Waals surface area contributed by atoms with Crippen LogP contribution in [0.25, 0.3) is 16.9 Å². The zero-order valence-electron chi connectivity index (χ0n) is 21.9. The summed E-state index contributed by atoms with van der Waals surface area (Å²) in [5.41, 5.74) is 8.45. The van der Waals surface area contributed by atoms with E-state index in [9.17, 15) is 14.7 Å². The molecule has 2 aromatic carbocycles. The molecule has 38 heavy (non-hydrogen) atoms. The summed E-state index contributed by atoms with van der Waals surface area (Å²) in [6.45, 7) is 5.79. The lowest BCUT2D eigenvalue weighted by molar-refractivity contribution is -0.119. The van der Waals surface area contributed by atoms with Crippen LogP contribution in [0.15, 0.2) is 58.4 Å². The first kappa shape index (κ1) is 25.5. The fraction of sp³-hybridized carbons (Fsp3) is 0.345. The minimum Gasteiger partial charge on any atom is -0.388 e. The number of amides is 1. The van der Waals surface area contributed by atoms with Crippen molar-refractivity contribution >= 4 is 17.4 Å². The van der Waals surface area contributed by atoms with Crippen molar-refractivity contribution in [3.63, 3.8) is 0 Å². The lowest BCUT2D eigenvalue weighted by atomic mass is 9.91.